The maximum absolute atomic E-state index is 12.6. The summed E-state index contributed by atoms with van der Waals surface area (Å²) < 4.78 is 25.6. The van der Waals surface area contributed by atoms with Gasteiger partial charge in [-0.2, -0.15) is 0 Å². The Balaban J connectivity index is 0.00000243. The molecule has 0 spiro atoms. The molecule has 2 atom stereocenters. The highest BCUT2D eigenvalue weighted by atomic mass is 35.5. The lowest BCUT2D eigenvalue weighted by molar-refractivity contribution is -0.126. The predicted molar refractivity (Wildman–Crippen MR) is 105 cm³/mol. The summed E-state index contributed by atoms with van der Waals surface area (Å²) in [7, 11) is -3.22. The largest absolute Gasteiger partial charge is 0.354 e. The number of nitrogens with one attached hydrogen (secondary N) is 2. The van der Waals surface area contributed by atoms with Crippen LogP contribution < -0.4 is 10.6 Å². The number of hydrogen-bond acceptors (Lipinski definition) is 4. The first-order valence-corrected chi connectivity index (χ1v) is 10.7. The number of nitrogens with zero attached hydrogens (tertiary/aromatic N) is 1. The highest BCUT2D eigenvalue weighted by Gasteiger charge is 2.31. The summed E-state index contributed by atoms with van der Waals surface area (Å²) in [6, 6.07) is 8.43. The molecule has 0 aliphatic carbocycles. The first kappa shape index (κ1) is 21.2. The Hall–Kier alpha value is -1.15. The van der Waals surface area contributed by atoms with Gasteiger partial charge in [-0.05, 0) is 43.9 Å². The van der Waals surface area contributed by atoms with Gasteiger partial charge >= 0.3 is 0 Å². The second-order valence-corrected chi connectivity index (χ2v) is 9.06. The number of hydrogen-bond donors (Lipinski definition) is 2. The maximum Gasteiger partial charge on any atom is 0.224 e. The molecule has 146 valence electrons. The molecule has 2 heterocycles. The number of carbonyl (C=O) groups excluding carboxylic acids is 1. The van der Waals surface area contributed by atoms with Crippen LogP contribution in [-0.4, -0.2) is 50.6 Å². The van der Waals surface area contributed by atoms with Gasteiger partial charge in [0.15, 0.2) is 0 Å². The van der Waals surface area contributed by atoms with Gasteiger partial charge in [-0.25, -0.2) is 12.7 Å². The zero-order valence-electron chi connectivity index (χ0n) is 15.1. The monoisotopic (exact) mass is 401 g/mol. The molecule has 8 heteroatoms. The maximum atomic E-state index is 12.6. The summed E-state index contributed by atoms with van der Waals surface area (Å²) in [5.41, 5.74) is 2.58. The van der Waals surface area contributed by atoms with E-state index in [4.69, 9.17) is 0 Å². The lowest BCUT2D eigenvalue weighted by atomic mass is 9.94. The number of piperidine rings is 1. The molecular weight excluding hydrogens is 374 g/mol. The predicted octanol–water partition coefficient (Wildman–Crippen LogP) is 1.47. The van der Waals surface area contributed by atoms with Crippen LogP contribution in [0.3, 0.4) is 0 Å². The molecule has 1 amide bonds. The van der Waals surface area contributed by atoms with E-state index in [0.29, 0.717) is 19.6 Å². The van der Waals surface area contributed by atoms with Crippen molar-refractivity contribution in [2.75, 3.05) is 31.9 Å². The Bertz CT molecular complexity index is 726. The highest BCUT2D eigenvalue weighted by molar-refractivity contribution is 7.89. The average molecular weight is 402 g/mol. The van der Waals surface area contributed by atoms with E-state index in [0.717, 1.165) is 25.8 Å². The molecule has 2 aliphatic rings. The summed E-state index contributed by atoms with van der Waals surface area (Å²) in [6.07, 6.45) is 2.49. The van der Waals surface area contributed by atoms with Crippen molar-refractivity contribution in [2.45, 2.75) is 32.2 Å². The molecule has 0 bridgehead atoms. The van der Waals surface area contributed by atoms with Crippen LogP contribution in [0.1, 0.15) is 36.9 Å². The highest BCUT2D eigenvalue weighted by Crippen LogP contribution is 2.23. The topological polar surface area (TPSA) is 78.5 Å². The molecule has 6 nitrogen and oxygen atoms in total. The van der Waals surface area contributed by atoms with Crippen LogP contribution in [0, 0.1) is 5.92 Å². The van der Waals surface area contributed by atoms with Crippen LogP contribution in [0.4, 0.5) is 0 Å². The third-order valence-electron chi connectivity index (χ3n) is 5.21. The van der Waals surface area contributed by atoms with Gasteiger partial charge < -0.3 is 10.6 Å². The summed E-state index contributed by atoms with van der Waals surface area (Å²) in [5, 5.41) is 6.48. The number of benzene rings is 1. The van der Waals surface area contributed by atoms with E-state index >= 15 is 0 Å². The van der Waals surface area contributed by atoms with Gasteiger partial charge in [-0.1, -0.05) is 24.3 Å². The van der Waals surface area contributed by atoms with E-state index in [9.17, 15) is 13.2 Å². The molecule has 0 aromatic heterocycles. The van der Waals surface area contributed by atoms with Gasteiger partial charge in [0.05, 0.1) is 11.7 Å². The van der Waals surface area contributed by atoms with Crippen molar-refractivity contribution in [2.24, 2.45) is 5.92 Å². The Morgan fingerprint density at radius 3 is 2.88 bits per heavy atom. The van der Waals surface area contributed by atoms with E-state index in [1.165, 1.54) is 15.4 Å². The first-order valence-electron chi connectivity index (χ1n) is 9.08. The number of amides is 1. The molecule has 2 aliphatic heterocycles. The Morgan fingerprint density at radius 2 is 2.12 bits per heavy atom. The van der Waals surface area contributed by atoms with Crippen molar-refractivity contribution in [1.29, 1.82) is 0 Å². The molecular formula is C18H28ClN3O3S. The average Bonchev–Trinajstić information content (AvgIpc) is 2.66. The second kappa shape index (κ2) is 9.17. The normalized spacial score (nSPS) is 23.6. The SMILES string of the molecule is CCS(=O)(=O)N1CCCC(C(=O)NCC2NCCc3ccccc32)C1.Cl. The fourth-order valence-corrected chi connectivity index (χ4v) is 4.89. The van der Waals surface area contributed by atoms with E-state index < -0.39 is 10.0 Å². The van der Waals surface area contributed by atoms with E-state index in [-0.39, 0.29) is 36.0 Å². The lowest BCUT2D eigenvalue weighted by Crippen LogP contribution is -2.47. The van der Waals surface area contributed by atoms with Crippen molar-refractivity contribution in [3.63, 3.8) is 0 Å². The quantitative estimate of drug-likeness (QED) is 0.783. The number of sulfonamides is 1. The molecule has 0 radical (unpaired) electrons. The summed E-state index contributed by atoms with van der Waals surface area (Å²) >= 11 is 0. The van der Waals surface area contributed by atoms with E-state index in [1.54, 1.807) is 6.92 Å². The Kier molecular flexibility index (Phi) is 7.46. The molecule has 1 aromatic carbocycles. The van der Waals surface area contributed by atoms with Crippen LogP contribution >= 0.6 is 12.4 Å². The third kappa shape index (κ3) is 4.76. The van der Waals surface area contributed by atoms with E-state index in [1.807, 2.05) is 12.1 Å². The standard InChI is InChI=1S/C18H27N3O3S.ClH/c1-2-25(23,24)21-11-5-7-15(13-21)18(22)20-12-17-16-8-4-3-6-14(16)9-10-19-17;/h3-4,6,8,15,17,19H,2,5,7,9-13H2,1H3,(H,20,22);1H. The molecule has 1 saturated heterocycles. The Morgan fingerprint density at radius 1 is 1.35 bits per heavy atom. The number of fused-ring (bicyclic) bond motifs is 1. The molecule has 1 fully saturated rings. The molecule has 3 rings (SSSR count). The van der Waals surface area contributed by atoms with Gasteiger partial charge in [-0.3, -0.25) is 4.79 Å². The van der Waals surface area contributed by atoms with Crippen LogP contribution in [0.2, 0.25) is 0 Å². The smallest absolute Gasteiger partial charge is 0.224 e. The van der Waals surface area contributed by atoms with Gasteiger partial charge in [0.2, 0.25) is 15.9 Å². The van der Waals surface area contributed by atoms with Crippen molar-refractivity contribution in [1.82, 2.24) is 14.9 Å². The van der Waals surface area contributed by atoms with Crippen LogP contribution in [0.5, 0.6) is 0 Å². The molecule has 26 heavy (non-hydrogen) atoms. The van der Waals surface area contributed by atoms with Crippen molar-refractivity contribution in [3.8, 4) is 0 Å². The van der Waals surface area contributed by atoms with Crippen molar-refractivity contribution in [3.05, 3.63) is 35.4 Å². The van der Waals surface area contributed by atoms with Crippen molar-refractivity contribution < 1.29 is 13.2 Å². The van der Waals surface area contributed by atoms with Gasteiger partial charge in [0.1, 0.15) is 0 Å². The number of rotatable bonds is 5. The fraction of sp³-hybridized carbons (Fsp3) is 0.611. The minimum Gasteiger partial charge on any atom is -0.354 e. The minimum absolute atomic E-state index is 0. The molecule has 1 aromatic rings. The van der Waals surface area contributed by atoms with Crippen LogP contribution in [0.25, 0.3) is 0 Å². The van der Waals surface area contributed by atoms with Crippen LogP contribution in [0.15, 0.2) is 24.3 Å². The zero-order valence-corrected chi connectivity index (χ0v) is 16.7. The van der Waals surface area contributed by atoms with E-state index in [2.05, 4.69) is 22.8 Å². The fourth-order valence-electron chi connectivity index (χ4n) is 3.71. The summed E-state index contributed by atoms with van der Waals surface area (Å²) in [6.45, 7) is 3.91. The summed E-state index contributed by atoms with van der Waals surface area (Å²) in [4.78, 5) is 12.6. The van der Waals surface area contributed by atoms with Crippen molar-refractivity contribution >= 4 is 28.3 Å². The summed E-state index contributed by atoms with van der Waals surface area (Å²) in [5.74, 6) is -0.209. The minimum atomic E-state index is -3.22. The molecule has 2 unspecified atom stereocenters. The van der Waals surface area contributed by atoms with Crippen LogP contribution in [-0.2, 0) is 21.2 Å². The third-order valence-corrected chi connectivity index (χ3v) is 7.06. The second-order valence-electron chi connectivity index (χ2n) is 6.80. The first-order chi connectivity index (χ1) is 12.0. The zero-order chi connectivity index (χ0) is 17.9. The molecule has 0 saturated carbocycles. The van der Waals surface area contributed by atoms with Gasteiger partial charge in [-0.15, -0.1) is 12.4 Å². The Labute approximate surface area is 162 Å². The van der Waals surface area contributed by atoms with Gasteiger partial charge in [0.25, 0.3) is 0 Å². The number of halogens is 1. The number of carbonyl (C=O) groups is 1. The van der Waals surface area contributed by atoms with Gasteiger partial charge in [0, 0.05) is 25.7 Å². The lowest BCUT2D eigenvalue weighted by Gasteiger charge is -2.32. The molecule has 2 N–H and O–H groups in total.